The number of aromatic nitrogens is 1. The lowest BCUT2D eigenvalue weighted by molar-refractivity contribution is -0.00331. The molecule has 0 bridgehead atoms. The Morgan fingerprint density at radius 2 is 1.89 bits per heavy atom. The summed E-state index contributed by atoms with van der Waals surface area (Å²) in [6.45, 7) is 8.26. The number of benzene rings is 2. The summed E-state index contributed by atoms with van der Waals surface area (Å²) in [7, 11) is 3.45. The number of hydrogen-bond donors (Lipinski definition) is 1. The van der Waals surface area contributed by atoms with Gasteiger partial charge in [0.05, 0.1) is 40.7 Å². The summed E-state index contributed by atoms with van der Waals surface area (Å²) in [6, 6.07) is 11.0. The van der Waals surface area contributed by atoms with Crippen LogP contribution in [0.25, 0.3) is 10.9 Å². The van der Waals surface area contributed by atoms with E-state index in [1.807, 2.05) is 13.0 Å². The predicted molar refractivity (Wildman–Crippen MR) is 138 cm³/mol. The lowest BCUT2D eigenvalue weighted by Crippen LogP contribution is -2.47. The Bertz CT molecular complexity index is 1140. The minimum atomic E-state index is 0.308. The van der Waals surface area contributed by atoms with Gasteiger partial charge in [0.15, 0.2) is 11.5 Å². The molecule has 7 nitrogen and oxygen atoms in total. The molecule has 2 aromatic carbocycles. The predicted octanol–water partition coefficient (Wildman–Crippen LogP) is 4.41. The number of H-pyrrole nitrogens is 1. The first-order valence-corrected chi connectivity index (χ1v) is 12.7. The van der Waals surface area contributed by atoms with E-state index >= 15 is 0 Å². The summed E-state index contributed by atoms with van der Waals surface area (Å²) >= 11 is 0. The molecule has 0 spiro atoms. The SMILES string of the molecule is CCOc1cc2c(cc1OC)CCN(CN1CCOCC1)C2CCc1c[nH]c2ccc(OC)cc12. The molecule has 0 aliphatic carbocycles. The highest BCUT2D eigenvalue weighted by atomic mass is 16.5. The van der Waals surface area contributed by atoms with Gasteiger partial charge in [-0.05, 0) is 73.2 Å². The smallest absolute Gasteiger partial charge is 0.161 e. The van der Waals surface area contributed by atoms with Crippen LogP contribution in [0.5, 0.6) is 17.2 Å². The highest BCUT2D eigenvalue weighted by Gasteiger charge is 2.30. The minimum absolute atomic E-state index is 0.308. The highest BCUT2D eigenvalue weighted by molar-refractivity contribution is 5.84. The molecule has 0 saturated carbocycles. The topological polar surface area (TPSA) is 59.2 Å². The summed E-state index contributed by atoms with van der Waals surface area (Å²) in [4.78, 5) is 8.60. The second-order valence-electron chi connectivity index (χ2n) is 9.35. The number of nitrogens with one attached hydrogen (secondary N) is 1. The molecule has 2 aliphatic heterocycles. The molecule has 5 rings (SSSR count). The van der Waals surface area contributed by atoms with Crippen LogP contribution in [-0.4, -0.2) is 75.1 Å². The van der Waals surface area contributed by atoms with E-state index in [1.54, 1.807) is 14.2 Å². The van der Waals surface area contributed by atoms with Crippen molar-refractivity contribution in [3.63, 3.8) is 0 Å². The third kappa shape index (κ3) is 5.13. The molecule has 1 aromatic heterocycles. The van der Waals surface area contributed by atoms with Gasteiger partial charge in [0.1, 0.15) is 5.75 Å². The summed E-state index contributed by atoms with van der Waals surface area (Å²) in [5.41, 5.74) is 5.22. The Morgan fingerprint density at radius 3 is 2.66 bits per heavy atom. The van der Waals surface area contributed by atoms with E-state index in [0.717, 1.165) is 81.5 Å². The average molecular weight is 480 g/mol. The molecule has 1 unspecified atom stereocenters. The first-order valence-electron chi connectivity index (χ1n) is 12.7. The van der Waals surface area contributed by atoms with Crippen LogP contribution in [0.2, 0.25) is 0 Å². The van der Waals surface area contributed by atoms with Gasteiger partial charge in [0.2, 0.25) is 0 Å². The largest absolute Gasteiger partial charge is 0.497 e. The Kier molecular flexibility index (Phi) is 7.46. The molecule has 1 atom stereocenters. The van der Waals surface area contributed by atoms with Crippen molar-refractivity contribution in [1.29, 1.82) is 0 Å². The van der Waals surface area contributed by atoms with Crippen molar-refractivity contribution < 1.29 is 18.9 Å². The maximum absolute atomic E-state index is 5.97. The molecule has 1 fully saturated rings. The van der Waals surface area contributed by atoms with Crippen molar-refractivity contribution >= 4 is 10.9 Å². The van der Waals surface area contributed by atoms with Crippen LogP contribution in [0.1, 0.15) is 36.1 Å². The summed E-state index contributed by atoms with van der Waals surface area (Å²) < 4.78 is 22.7. The summed E-state index contributed by atoms with van der Waals surface area (Å²) in [5, 5.41) is 1.24. The van der Waals surface area contributed by atoms with E-state index in [4.69, 9.17) is 18.9 Å². The number of aromatic amines is 1. The molecular formula is C28H37N3O4. The zero-order valence-electron chi connectivity index (χ0n) is 21.1. The van der Waals surface area contributed by atoms with Crippen LogP contribution in [0.4, 0.5) is 0 Å². The number of hydrogen-bond acceptors (Lipinski definition) is 6. The zero-order chi connectivity index (χ0) is 24.2. The van der Waals surface area contributed by atoms with Crippen molar-refractivity contribution in [2.75, 3.05) is 60.3 Å². The third-order valence-electron chi connectivity index (χ3n) is 7.34. The standard InChI is InChI=1S/C28H37N3O4/c1-4-35-28-17-24-20(15-27(28)33-3)9-10-31(19-30-11-13-34-14-12-30)26(24)8-5-21-18-29-25-7-6-22(32-2)16-23(21)25/h6-7,15-18,26,29H,4-5,8-14,19H2,1-3H3. The monoisotopic (exact) mass is 479 g/mol. The average Bonchev–Trinajstić information content (AvgIpc) is 3.30. The third-order valence-corrected chi connectivity index (χ3v) is 7.34. The van der Waals surface area contributed by atoms with Crippen LogP contribution < -0.4 is 14.2 Å². The molecule has 0 radical (unpaired) electrons. The molecule has 7 heteroatoms. The second-order valence-corrected chi connectivity index (χ2v) is 9.35. The number of nitrogens with zero attached hydrogens (tertiary/aromatic N) is 2. The van der Waals surface area contributed by atoms with Crippen LogP contribution in [0, 0.1) is 0 Å². The number of methoxy groups -OCH3 is 2. The minimum Gasteiger partial charge on any atom is -0.497 e. The maximum Gasteiger partial charge on any atom is 0.161 e. The van der Waals surface area contributed by atoms with Crippen molar-refractivity contribution in [3.05, 3.63) is 53.2 Å². The molecule has 2 aliphatic rings. The summed E-state index contributed by atoms with van der Waals surface area (Å²) in [6.07, 6.45) is 5.18. The number of aryl methyl sites for hydroxylation is 1. The molecule has 1 N–H and O–H groups in total. The summed E-state index contributed by atoms with van der Waals surface area (Å²) in [5.74, 6) is 2.56. The molecular weight excluding hydrogens is 442 g/mol. The van der Waals surface area contributed by atoms with Crippen molar-refractivity contribution in [3.8, 4) is 17.2 Å². The first kappa shape index (κ1) is 24.0. The van der Waals surface area contributed by atoms with E-state index < -0.39 is 0 Å². The first-order chi connectivity index (χ1) is 17.2. The van der Waals surface area contributed by atoms with E-state index in [0.29, 0.717) is 12.6 Å². The highest BCUT2D eigenvalue weighted by Crippen LogP contribution is 2.40. The maximum atomic E-state index is 5.97. The Labute approximate surface area is 207 Å². The van der Waals surface area contributed by atoms with Crippen molar-refractivity contribution in [2.45, 2.75) is 32.2 Å². The van der Waals surface area contributed by atoms with Crippen molar-refractivity contribution in [2.24, 2.45) is 0 Å². The van der Waals surface area contributed by atoms with Gasteiger partial charge in [-0.25, -0.2) is 0 Å². The molecule has 188 valence electrons. The van der Waals surface area contributed by atoms with Crippen molar-refractivity contribution in [1.82, 2.24) is 14.8 Å². The van der Waals surface area contributed by atoms with Gasteiger partial charge in [-0.1, -0.05) is 0 Å². The lowest BCUT2D eigenvalue weighted by atomic mass is 9.88. The Hall–Kier alpha value is -2.74. The lowest BCUT2D eigenvalue weighted by Gasteiger charge is -2.41. The Morgan fingerprint density at radius 1 is 1.03 bits per heavy atom. The van der Waals surface area contributed by atoms with Crippen LogP contribution in [0.3, 0.4) is 0 Å². The normalized spacial score (nSPS) is 19.0. The van der Waals surface area contributed by atoms with Gasteiger partial charge in [0.25, 0.3) is 0 Å². The quantitative estimate of drug-likeness (QED) is 0.491. The Balaban J connectivity index is 1.45. The second kappa shape index (κ2) is 10.9. The molecule has 3 aromatic rings. The molecule has 0 amide bonds. The molecule has 1 saturated heterocycles. The van der Waals surface area contributed by atoms with Gasteiger partial charge in [-0.2, -0.15) is 0 Å². The van der Waals surface area contributed by atoms with E-state index in [2.05, 4.69) is 45.2 Å². The van der Waals surface area contributed by atoms with Crippen LogP contribution in [-0.2, 0) is 17.6 Å². The number of rotatable bonds is 9. The van der Waals surface area contributed by atoms with Gasteiger partial charge in [0, 0.05) is 42.8 Å². The number of morpholine rings is 1. The fraction of sp³-hybridized carbons (Fsp3) is 0.500. The number of ether oxygens (including phenoxy) is 4. The molecule has 3 heterocycles. The fourth-order valence-electron chi connectivity index (χ4n) is 5.48. The van der Waals surface area contributed by atoms with E-state index in [-0.39, 0.29) is 0 Å². The van der Waals surface area contributed by atoms with Gasteiger partial charge in [-0.15, -0.1) is 0 Å². The number of fused-ring (bicyclic) bond motifs is 2. The van der Waals surface area contributed by atoms with E-state index in [9.17, 15) is 0 Å². The van der Waals surface area contributed by atoms with Gasteiger partial charge >= 0.3 is 0 Å². The van der Waals surface area contributed by atoms with Gasteiger partial charge < -0.3 is 23.9 Å². The van der Waals surface area contributed by atoms with Crippen LogP contribution in [0.15, 0.2) is 36.5 Å². The zero-order valence-corrected chi connectivity index (χ0v) is 21.1. The van der Waals surface area contributed by atoms with E-state index in [1.165, 1.54) is 22.1 Å². The molecule has 35 heavy (non-hydrogen) atoms. The fourth-order valence-corrected chi connectivity index (χ4v) is 5.48. The van der Waals surface area contributed by atoms with Crippen LogP contribution >= 0.6 is 0 Å². The van der Waals surface area contributed by atoms with Gasteiger partial charge in [-0.3, -0.25) is 9.80 Å².